The molecular weight excluding hydrogens is 506 g/mol. The molecule has 220 valence electrons. The summed E-state index contributed by atoms with van der Waals surface area (Å²) >= 11 is 0. The van der Waals surface area contributed by atoms with Crippen LogP contribution in [-0.4, -0.2) is 92.4 Å². The van der Waals surface area contributed by atoms with Gasteiger partial charge in [-0.2, -0.15) is 0 Å². The van der Waals surface area contributed by atoms with Crippen molar-refractivity contribution in [2.75, 3.05) is 52.3 Å². The van der Waals surface area contributed by atoms with Crippen molar-refractivity contribution in [1.82, 2.24) is 9.80 Å². The fraction of sp³-hybridized carbons (Fsp3) is 0.562. The fourth-order valence-corrected chi connectivity index (χ4v) is 4.93. The Kier molecular flexibility index (Phi) is 11.8. The van der Waals surface area contributed by atoms with Gasteiger partial charge in [-0.05, 0) is 56.9 Å². The maximum absolute atomic E-state index is 14.1. The summed E-state index contributed by atoms with van der Waals surface area (Å²) in [4.78, 5) is 32.5. The summed E-state index contributed by atoms with van der Waals surface area (Å²) in [7, 11) is 5.68. The zero-order valence-electron chi connectivity index (χ0n) is 25.0. The second-order valence-corrected chi connectivity index (χ2v) is 11.3. The van der Waals surface area contributed by atoms with E-state index in [0.29, 0.717) is 37.4 Å². The van der Waals surface area contributed by atoms with Gasteiger partial charge in [0, 0.05) is 52.4 Å². The van der Waals surface area contributed by atoms with Crippen LogP contribution in [-0.2, 0) is 16.0 Å². The number of hydrogen-bond acceptors (Lipinski definition) is 6. The zero-order chi connectivity index (χ0) is 29.2. The van der Waals surface area contributed by atoms with Crippen molar-refractivity contribution in [3.8, 4) is 5.75 Å². The zero-order valence-corrected chi connectivity index (χ0v) is 25.0. The van der Waals surface area contributed by atoms with E-state index in [1.807, 2.05) is 95.3 Å². The maximum Gasteiger partial charge on any atom is 0.258 e. The number of rotatable bonds is 7. The molecule has 0 saturated carbocycles. The highest BCUT2D eigenvalue weighted by atomic mass is 16.5. The molecule has 0 aromatic heterocycles. The molecule has 4 atom stereocenters. The van der Waals surface area contributed by atoms with E-state index in [-0.39, 0.29) is 36.5 Å². The summed E-state index contributed by atoms with van der Waals surface area (Å²) < 4.78 is 12.7. The Bertz CT molecular complexity index is 1090. The van der Waals surface area contributed by atoms with Crippen LogP contribution in [0.2, 0.25) is 0 Å². The van der Waals surface area contributed by atoms with Gasteiger partial charge in [0.1, 0.15) is 5.75 Å². The van der Waals surface area contributed by atoms with Crippen LogP contribution in [0, 0.1) is 5.92 Å². The molecule has 8 heteroatoms. The molecule has 3 rings (SSSR count). The molecule has 1 aliphatic heterocycles. The van der Waals surface area contributed by atoms with E-state index in [4.69, 9.17) is 9.47 Å². The molecule has 40 heavy (non-hydrogen) atoms. The highest BCUT2D eigenvalue weighted by Gasteiger charge is 2.31. The van der Waals surface area contributed by atoms with Gasteiger partial charge in [0.2, 0.25) is 5.91 Å². The Morgan fingerprint density at radius 3 is 2.50 bits per heavy atom. The first kappa shape index (κ1) is 31.4. The largest absolute Gasteiger partial charge is 0.490 e. The van der Waals surface area contributed by atoms with Gasteiger partial charge in [0.05, 0.1) is 36.8 Å². The summed E-state index contributed by atoms with van der Waals surface area (Å²) in [5, 5.41) is 10.1. The van der Waals surface area contributed by atoms with Gasteiger partial charge in [-0.1, -0.05) is 37.3 Å². The highest BCUT2D eigenvalue weighted by molar-refractivity contribution is 5.98. The summed E-state index contributed by atoms with van der Waals surface area (Å²) in [5.41, 5.74) is 2.35. The van der Waals surface area contributed by atoms with Gasteiger partial charge in [-0.3, -0.25) is 9.59 Å². The molecule has 0 fully saturated rings. The molecular formula is C32H47N3O5. The van der Waals surface area contributed by atoms with Crippen molar-refractivity contribution in [2.45, 2.75) is 64.7 Å². The third-order valence-corrected chi connectivity index (χ3v) is 7.63. The van der Waals surface area contributed by atoms with E-state index in [1.165, 1.54) is 0 Å². The average Bonchev–Trinajstić information content (AvgIpc) is 2.94. The van der Waals surface area contributed by atoms with E-state index < -0.39 is 6.04 Å². The third kappa shape index (κ3) is 8.70. The van der Waals surface area contributed by atoms with Crippen LogP contribution < -0.4 is 9.64 Å². The molecule has 1 aliphatic rings. The van der Waals surface area contributed by atoms with Crippen LogP contribution in [0.4, 0.5) is 5.69 Å². The van der Waals surface area contributed by atoms with Gasteiger partial charge >= 0.3 is 0 Å². The summed E-state index contributed by atoms with van der Waals surface area (Å²) in [6.45, 7) is 7.10. The Labute approximate surface area is 239 Å². The molecule has 2 aromatic rings. The first-order valence-corrected chi connectivity index (χ1v) is 14.4. The summed E-state index contributed by atoms with van der Waals surface area (Å²) in [6, 6.07) is 15.0. The predicted octanol–water partition coefficient (Wildman–Crippen LogP) is 4.25. The molecule has 0 aliphatic carbocycles. The number of hydrogen-bond donors (Lipinski definition) is 1. The number of carbonyl (C=O) groups excluding carboxylic acids is 2. The van der Waals surface area contributed by atoms with Crippen molar-refractivity contribution in [3.05, 3.63) is 59.7 Å². The van der Waals surface area contributed by atoms with E-state index in [9.17, 15) is 14.7 Å². The Morgan fingerprint density at radius 2 is 1.82 bits per heavy atom. The second kappa shape index (κ2) is 15.1. The molecule has 0 radical (unpaired) electrons. The smallest absolute Gasteiger partial charge is 0.258 e. The summed E-state index contributed by atoms with van der Waals surface area (Å²) in [6.07, 6.45) is 2.63. The quantitative estimate of drug-likeness (QED) is 0.552. The van der Waals surface area contributed by atoms with Crippen LogP contribution in [0.5, 0.6) is 5.75 Å². The monoisotopic (exact) mass is 553 g/mol. The molecule has 1 heterocycles. The Hall–Kier alpha value is -3.10. The van der Waals surface area contributed by atoms with Gasteiger partial charge in [-0.25, -0.2) is 0 Å². The minimum Gasteiger partial charge on any atom is -0.490 e. The first-order valence-electron chi connectivity index (χ1n) is 14.4. The van der Waals surface area contributed by atoms with E-state index in [0.717, 1.165) is 30.5 Å². The van der Waals surface area contributed by atoms with E-state index >= 15 is 0 Å². The lowest BCUT2D eigenvalue weighted by molar-refractivity contribution is -0.131. The van der Waals surface area contributed by atoms with Crippen LogP contribution >= 0.6 is 0 Å². The highest BCUT2D eigenvalue weighted by Crippen LogP contribution is 2.29. The average molecular weight is 554 g/mol. The number of likely N-dealkylation sites (N-methyl/N-ethyl adjacent to an activating group) is 1. The number of benzene rings is 2. The number of aliphatic hydroxyl groups excluding tert-OH is 1. The molecule has 0 spiro atoms. The number of nitrogens with zero attached hydrogens (tertiary/aromatic N) is 3. The Morgan fingerprint density at radius 1 is 1.10 bits per heavy atom. The topological polar surface area (TPSA) is 82.6 Å². The van der Waals surface area contributed by atoms with Gasteiger partial charge in [0.25, 0.3) is 5.91 Å². The van der Waals surface area contributed by atoms with Crippen molar-refractivity contribution < 1.29 is 24.2 Å². The molecule has 2 aromatic carbocycles. The number of aliphatic hydroxyl groups is 1. The molecule has 0 unspecified atom stereocenters. The minimum absolute atomic E-state index is 0.0224. The van der Waals surface area contributed by atoms with Crippen LogP contribution in [0.1, 0.15) is 56.0 Å². The molecule has 2 amide bonds. The first-order chi connectivity index (χ1) is 19.1. The van der Waals surface area contributed by atoms with Crippen LogP contribution in [0.3, 0.4) is 0 Å². The molecule has 1 N–H and O–H groups in total. The number of anilines is 1. The molecule has 0 saturated heterocycles. The molecule has 0 bridgehead atoms. The number of amides is 2. The van der Waals surface area contributed by atoms with Crippen molar-refractivity contribution in [3.63, 3.8) is 0 Å². The Balaban J connectivity index is 1.88. The normalized spacial score (nSPS) is 21.5. The fourth-order valence-electron chi connectivity index (χ4n) is 4.93. The molecule has 8 nitrogen and oxygen atoms in total. The number of carbonyl (C=O) groups is 2. The maximum atomic E-state index is 14.1. The lowest BCUT2D eigenvalue weighted by Gasteiger charge is -2.36. The van der Waals surface area contributed by atoms with Crippen molar-refractivity contribution >= 4 is 17.5 Å². The lowest BCUT2D eigenvalue weighted by atomic mass is 10.0. The van der Waals surface area contributed by atoms with Crippen molar-refractivity contribution in [2.24, 2.45) is 5.92 Å². The van der Waals surface area contributed by atoms with Crippen molar-refractivity contribution in [1.29, 1.82) is 0 Å². The third-order valence-electron chi connectivity index (χ3n) is 7.63. The van der Waals surface area contributed by atoms with Crippen LogP contribution in [0.25, 0.3) is 0 Å². The predicted molar refractivity (Wildman–Crippen MR) is 159 cm³/mol. The minimum atomic E-state index is -0.408. The number of fused-ring (bicyclic) bond motifs is 1. The SMILES string of the molecule is C[C@@H]1CCCCO[C@H](CN(C)C(=O)Cc2ccccc2)[C@@H](C)CN([C@H](C)CO)C(=O)c2cc(N(C)C)ccc2O1. The van der Waals surface area contributed by atoms with Gasteiger partial charge < -0.3 is 29.3 Å². The van der Waals surface area contributed by atoms with Gasteiger partial charge in [0.15, 0.2) is 0 Å². The van der Waals surface area contributed by atoms with Crippen LogP contribution in [0.15, 0.2) is 48.5 Å². The van der Waals surface area contributed by atoms with E-state index in [1.54, 1.807) is 9.80 Å². The summed E-state index contributed by atoms with van der Waals surface area (Å²) in [5.74, 6) is 0.299. The van der Waals surface area contributed by atoms with E-state index in [2.05, 4.69) is 0 Å². The second-order valence-electron chi connectivity index (χ2n) is 11.3. The lowest BCUT2D eigenvalue weighted by Crippen LogP contribution is -2.48. The number of ether oxygens (including phenoxy) is 2. The van der Waals surface area contributed by atoms with Gasteiger partial charge in [-0.15, -0.1) is 0 Å². The standard InChI is InChI=1S/C32H47N3O5/c1-23-20-35(24(2)22-36)32(38)28-19-27(33(4)5)15-16-29(28)40-25(3)12-10-11-17-39-30(23)21-34(6)31(37)18-26-13-8-7-9-14-26/h7-9,13-16,19,23-25,30,36H,10-12,17-18,20-22H2,1-6H3/t23-,24+,25+,30+/m0/s1.